The molecule has 1 unspecified atom stereocenters. The number of amides is 3. The van der Waals surface area contributed by atoms with Gasteiger partial charge in [0.1, 0.15) is 0 Å². The predicted octanol–water partition coefficient (Wildman–Crippen LogP) is 3.10. The SMILES string of the molecule is COCCCn1c(SC(C)C(=O)NC(=O)NC(C)(C)C)nnc1-c1ccc(OC)c(OC)c1. The monoisotopic (exact) mass is 479 g/mol. The predicted molar refractivity (Wildman–Crippen MR) is 127 cm³/mol. The Hall–Kier alpha value is -2.79. The first-order chi connectivity index (χ1) is 15.6. The highest BCUT2D eigenvalue weighted by Crippen LogP contribution is 2.33. The van der Waals surface area contributed by atoms with Crippen LogP contribution in [0.1, 0.15) is 34.1 Å². The molecule has 33 heavy (non-hydrogen) atoms. The summed E-state index contributed by atoms with van der Waals surface area (Å²) >= 11 is 1.23. The topological polar surface area (TPSA) is 117 Å². The van der Waals surface area contributed by atoms with E-state index in [4.69, 9.17) is 14.2 Å². The van der Waals surface area contributed by atoms with E-state index in [2.05, 4.69) is 20.8 Å². The lowest BCUT2D eigenvalue weighted by atomic mass is 10.1. The number of aromatic nitrogens is 3. The fourth-order valence-electron chi connectivity index (χ4n) is 2.93. The van der Waals surface area contributed by atoms with Crippen LogP contribution in [0.15, 0.2) is 23.4 Å². The number of ether oxygens (including phenoxy) is 3. The molecule has 1 heterocycles. The van der Waals surface area contributed by atoms with Crippen molar-refractivity contribution in [3.8, 4) is 22.9 Å². The molecule has 0 saturated carbocycles. The summed E-state index contributed by atoms with van der Waals surface area (Å²) in [5.74, 6) is 1.40. The van der Waals surface area contributed by atoms with Crippen LogP contribution in [-0.2, 0) is 16.1 Å². The summed E-state index contributed by atoms with van der Waals surface area (Å²) < 4.78 is 17.9. The van der Waals surface area contributed by atoms with Crippen molar-refractivity contribution >= 4 is 23.7 Å². The Labute approximate surface area is 198 Å². The summed E-state index contributed by atoms with van der Waals surface area (Å²) in [4.78, 5) is 24.6. The maximum Gasteiger partial charge on any atom is 0.321 e. The van der Waals surface area contributed by atoms with Gasteiger partial charge < -0.3 is 24.1 Å². The highest BCUT2D eigenvalue weighted by molar-refractivity contribution is 8.00. The van der Waals surface area contributed by atoms with E-state index in [-0.39, 0.29) is 0 Å². The molecule has 0 aliphatic rings. The lowest BCUT2D eigenvalue weighted by Crippen LogP contribution is -2.49. The standard InChI is InChI=1S/C22H33N5O5S/c1-14(19(28)23-20(29)24-22(2,3)4)33-21-26-25-18(27(21)11-8-12-30-5)15-9-10-16(31-6)17(13-15)32-7/h9-10,13-14H,8,11-12H2,1-7H3,(H2,23,24,28,29). The van der Waals surface area contributed by atoms with Gasteiger partial charge in [0.25, 0.3) is 0 Å². The fourth-order valence-corrected chi connectivity index (χ4v) is 3.81. The average Bonchev–Trinajstić information content (AvgIpc) is 3.14. The number of carbonyl (C=O) groups excluding carboxylic acids is 2. The Morgan fingerprint density at radius 2 is 1.82 bits per heavy atom. The minimum absolute atomic E-state index is 0.416. The van der Waals surface area contributed by atoms with Crippen molar-refractivity contribution in [3.63, 3.8) is 0 Å². The maximum absolute atomic E-state index is 12.5. The molecule has 0 aliphatic heterocycles. The number of urea groups is 1. The van der Waals surface area contributed by atoms with Crippen molar-refractivity contribution < 1.29 is 23.8 Å². The Kier molecular flexibility index (Phi) is 9.54. The number of hydrogen-bond acceptors (Lipinski definition) is 8. The van der Waals surface area contributed by atoms with E-state index >= 15 is 0 Å². The van der Waals surface area contributed by atoms with Gasteiger partial charge in [0, 0.05) is 31.4 Å². The van der Waals surface area contributed by atoms with E-state index in [0.29, 0.717) is 35.6 Å². The van der Waals surface area contributed by atoms with Crippen LogP contribution < -0.4 is 20.1 Å². The number of thioether (sulfide) groups is 1. The van der Waals surface area contributed by atoms with Gasteiger partial charge in [0.15, 0.2) is 22.5 Å². The van der Waals surface area contributed by atoms with E-state index in [1.807, 2.05) is 37.5 Å². The Bertz CT molecular complexity index is 957. The van der Waals surface area contributed by atoms with Crippen LogP contribution in [0.2, 0.25) is 0 Å². The van der Waals surface area contributed by atoms with Crippen molar-refractivity contribution in [2.45, 2.75) is 56.6 Å². The molecule has 1 aromatic carbocycles. The Morgan fingerprint density at radius 3 is 2.42 bits per heavy atom. The van der Waals surface area contributed by atoms with Crippen LogP contribution in [0, 0.1) is 0 Å². The second-order valence-electron chi connectivity index (χ2n) is 8.33. The van der Waals surface area contributed by atoms with E-state index in [0.717, 1.165) is 12.0 Å². The molecule has 0 spiro atoms. The zero-order valence-electron chi connectivity index (χ0n) is 20.2. The van der Waals surface area contributed by atoms with Gasteiger partial charge in [-0.3, -0.25) is 10.1 Å². The number of nitrogens with zero attached hydrogens (tertiary/aromatic N) is 3. The third-order valence-electron chi connectivity index (χ3n) is 4.47. The van der Waals surface area contributed by atoms with Gasteiger partial charge in [0.2, 0.25) is 5.91 Å². The molecular formula is C22H33N5O5S. The molecule has 0 radical (unpaired) electrons. The van der Waals surface area contributed by atoms with Gasteiger partial charge in [-0.15, -0.1) is 10.2 Å². The summed E-state index contributed by atoms with van der Waals surface area (Å²) in [6, 6.07) is 4.97. The number of hydrogen-bond donors (Lipinski definition) is 2. The molecule has 3 amide bonds. The molecule has 2 aromatic rings. The van der Waals surface area contributed by atoms with Gasteiger partial charge in [0.05, 0.1) is 19.5 Å². The second-order valence-corrected chi connectivity index (χ2v) is 9.64. The maximum atomic E-state index is 12.5. The zero-order valence-corrected chi connectivity index (χ0v) is 21.0. The molecule has 2 rings (SSSR count). The van der Waals surface area contributed by atoms with E-state index < -0.39 is 22.7 Å². The average molecular weight is 480 g/mol. The number of benzene rings is 1. The van der Waals surface area contributed by atoms with Crippen molar-refractivity contribution in [2.24, 2.45) is 0 Å². The minimum atomic E-state index is -0.570. The summed E-state index contributed by atoms with van der Waals surface area (Å²) in [5, 5.41) is 13.8. The van der Waals surface area contributed by atoms with Crippen molar-refractivity contribution in [1.29, 1.82) is 0 Å². The van der Waals surface area contributed by atoms with Crippen molar-refractivity contribution in [3.05, 3.63) is 18.2 Å². The van der Waals surface area contributed by atoms with Gasteiger partial charge >= 0.3 is 6.03 Å². The third-order valence-corrected chi connectivity index (χ3v) is 5.55. The van der Waals surface area contributed by atoms with Crippen LogP contribution in [0.3, 0.4) is 0 Å². The number of methoxy groups -OCH3 is 3. The first-order valence-electron chi connectivity index (χ1n) is 10.5. The molecule has 10 nitrogen and oxygen atoms in total. The largest absolute Gasteiger partial charge is 0.493 e. The first kappa shape index (κ1) is 26.5. The van der Waals surface area contributed by atoms with Crippen molar-refractivity contribution in [1.82, 2.24) is 25.4 Å². The lowest BCUT2D eigenvalue weighted by molar-refractivity contribution is -0.119. The smallest absolute Gasteiger partial charge is 0.321 e. The van der Waals surface area contributed by atoms with E-state index in [9.17, 15) is 9.59 Å². The molecule has 182 valence electrons. The quantitative estimate of drug-likeness (QED) is 0.394. The van der Waals surface area contributed by atoms with Crippen LogP contribution in [0.4, 0.5) is 4.79 Å². The molecule has 0 saturated heterocycles. The van der Waals surface area contributed by atoms with E-state index in [1.54, 1.807) is 34.3 Å². The molecule has 2 N–H and O–H groups in total. The summed E-state index contributed by atoms with van der Waals surface area (Å²) in [5.41, 5.74) is 0.349. The summed E-state index contributed by atoms with van der Waals surface area (Å²) in [6.45, 7) is 8.39. The first-order valence-corrected chi connectivity index (χ1v) is 11.4. The van der Waals surface area contributed by atoms with Crippen LogP contribution in [-0.4, -0.2) is 65.4 Å². The number of carbonyl (C=O) groups is 2. The normalized spacial score (nSPS) is 12.2. The number of nitrogens with one attached hydrogen (secondary N) is 2. The molecule has 0 bridgehead atoms. The molecular weight excluding hydrogens is 446 g/mol. The van der Waals surface area contributed by atoms with E-state index in [1.165, 1.54) is 11.8 Å². The number of rotatable bonds is 10. The highest BCUT2D eigenvalue weighted by Gasteiger charge is 2.24. The molecule has 0 aliphatic carbocycles. The Morgan fingerprint density at radius 1 is 1.12 bits per heavy atom. The molecule has 11 heteroatoms. The Balaban J connectivity index is 2.26. The summed E-state index contributed by atoms with van der Waals surface area (Å²) in [7, 11) is 4.79. The summed E-state index contributed by atoms with van der Waals surface area (Å²) in [6.07, 6.45) is 0.733. The highest BCUT2D eigenvalue weighted by atomic mass is 32.2. The second kappa shape index (κ2) is 11.9. The van der Waals surface area contributed by atoms with Gasteiger partial charge in [-0.2, -0.15) is 0 Å². The van der Waals surface area contributed by atoms with Crippen LogP contribution >= 0.6 is 11.8 Å². The minimum Gasteiger partial charge on any atom is -0.493 e. The van der Waals surface area contributed by atoms with Gasteiger partial charge in [-0.25, -0.2) is 4.79 Å². The van der Waals surface area contributed by atoms with Crippen molar-refractivity contribution in [2.75, 3.05) is 27.9 Å². The fraction of sp³-hybridized carbons (Fsp3) is 0.545. The van der Waals surface area contributed by atoms with Crippen LogP contribution in [0.5, 0.6) is 11.5 Å². The number of imide groups is 1. The van der Waals surface area contributed by atoms with Gasteiger partial charge in [-0.1, -0.05) is 11.8 Å². The third kappa shape index (κ3) is 7.64. The molecule has 0 fully saturated rings. The zero-order chi connectivity index (χ0) is 24.6. The molecule has 1 aromatic heterocycles. The molecule has 1 atom stereocenters. The lowest BCUT2D eigenvalue weighted by Gasteiger charge is -2.21. The van der Waals surface area contributed by atoms with Gasteiger partial charge in [-0.05, 0) is 52.3 Å². The van der Waals surface area contributed by atoms with Crippen LogP contribution in [0.25, 0.3) is 11.4 Å².